The number of hydrogen-bond acceptors (Lipinski definition) is 19. The molecule has 0 bridgehead atoms. The van der Waals surface area contributed by atoms with Crippen molar-refractivity contribution in [1.82, 2.24) is 53.6 Å². The lowest BCUT2D eigenvalue weighted by Crippen LogP contribution is -2.35. The van der Waals surface area contributed by atoms with Crippen LogP contribution in [-0.2, 0) is 54.3 Å². The van der Waals surface area contributed by atoms with Gasteiger partial charge in [-0.25, -0.2) is 40.9 Å². The summed E-state index contributed by atoms with van der Waals surface area (Å²) >= 11 is 0. The quantitative estimate of drug-likeness (QED) is 0.0526. The fraction of sp³-hybridized carbons (Fsp3) is 0.651. The summed E-state index contributed by atoms with van der Waals surface area (Å²) in [7, 11) is -2.33. The average molecular weight is 1350 g/mol. The van der Waals surface area contributed by atoms with E-state index in [1.54, 1.807) is 23.5 Å². The third-order valence-electron chi connectivity index (χ3n) is 15.4. The number of ether oxygens (including phenoxy) is 2. The second-order valence-electron chi connectivity index (χ2n) is 26.5. The van der Waals surface area contributed by atoms with Crippen LogP contribution in [0.15, 0.2) is 55.1 Å². The number of carbonyl (C=O) groups is 1. The molecule has 9 heterocycles. The Morgan fingerprint density at radius 2 is 1.04 bits per heavy atom. The molecular formula is C63H104N18O11S2. The van der Waals surface area contributed by atoms with Gasteiger partial charge in [-0.1, -0.05) is 138 Å². The number of nitro groups is 2. The zero-order valence-electron chi connectivity index (χ0n) is 59.4. The number of sulfonamides is 2. The molecule has 0 aromatic carbocycles. The van der Waals surface area contributed by atoms with Crippen molar-refractivity contribution in [2.75, 3.05) is 37.4 Å². The van der Waals surface area contributed by atoms with Crippen LogP contribution >= 0.6 is 0 Å². The van der Waals surface area contributed by atoms with E-state index >= 15 is 0 Å². The number of fused-ring (bicyclic) bond motifs is 2. The molecule has 0 atom stereocenters. The van der Waals surface area contributed by atoms with E-state index in [0.29, 0.717) is 85.0 Å². The van der Waals surface area contributed by atoms with Crippen LogP contribution in [0.1, 0.15) is 221 Å². The molecule has 31 heteroatoms. The zero-order valence-corrected chi connectivity index (χ0v) is 61.0. The maximum Gasteiger partial charge on any atom is 0.333 e. The highest BCUT2D eigenvalue weighted by molar-refractivity contribution is 7.90. The summed E-state index contributed by atoms with van der Waals surface area (Å²) in [5, 5.41) is 50.6. The molecule has 524 valence electrons. The number of nitrogens with one attached hydrogen (secondary N) is 2. The predicted octanol–water partition coefficient (Wildman–Crippen LogP) is 11.3. The van der Waals surface area contributed by atoms with Crippen molar-refractivity contribution in [3.8, 4) is 11.8 Å². The molecular weight excluding hydrogens is 1250 g/mol. The van der Waals surface area contributed by atoms with Crippen LogP contribution in [0.2, 0.25) is 0 Å². The van der Waals surface area contributed by atoms with Gasteiger partial charge in [-0.05, 0) is 53.1 Å². The standard InChI is InChI=1S/C17H26N6O4S.C10H17N3O2.C10H19N3.C10H16N2O2.C10H17N.C6H9N3O3S/c1-10(2)13-14(15(11(3)4)22(5)20-13)19-17(24)21-28(25,26)12-9-18-23-7-6-8-27-16(12)23;1-6(2)8-10(13(14)15)9(7(3)4)12(5)11-8;1-6(2)9-8(11)10(7(3)4)13(5)12-9;1-6(2)8-5-11-9(7(3)4)10(8)12(13)14;1-7(2)9-5-10(8(3)4)11-6-9;7-13(10,11)5-4-8-9-2-1-3-12-6(5)9/h9-11H,6-8H2,1-5H3,(H2,19,21,24);6-7H,1-5H3;6-7H,11H2,1-5H3;6-7H,5H2,1-4H3;5,7-8H,6H2,1-4H3;4H,1-3H2,(H2,7,10,11). The SMILES string of the molecule is CC(C)C1=CC(C(C)C)=NC1.CC(C)C1=NCC(C(C)C)=C1[N+](=O)[O-].CC(C)c1nn(C)c(C(C)C)c1N.CC(C)c1nn(C)c(C(C)C)c1NC(=O)NS(=O)(=O)c1cnn2c1OCCC2.CC(C)c1nn(C)c(C(C)C)c1[N+](=O)[O-].NS(=O)(=O)c1cnn2c1OCCC2. The monoisotopic (exact) mass is 1350 g/mol. The highest BCUT2D eigenvalue weighted by atomic mass is 32.2. The molecule has 6 N–H and O–H groups in total. The molecule has 4 aliphatic heterocycles. The lowest BCUT2D eigenvalue weighted by Gasteiger charge is -2.16. The number of aromatic nitrogens is 10. The van der Waals surface area contributed by atoms with Crippen molar-refractivity contribution < 1.29 is 41.0 Å². The molecule has 4 aliphatic rings. The molecule has 5 aromatic rings. The largest absolute Gasteiger partial charge is 0.477 e. The van der Waals surface area contributed by atoms with Gasteiger partial charge >= 0.3 is 11.7 Å². The minimum absolute atomic E-state index is 0.0350. The van der Waals surface area contributed by atoms with Gasteiger partial charge in [0.15, 0.2) is 9.79 Å². The predicted molar refractivity (Wildman–Crippen MR) is 367 cm³/mol. The van der Waals surface area contributed by atoms with Crippen molar-refractivity contribution in [3.63, 3.8) is 0 Å². The molecule has 0 unspecified atom stereocenters. The summed E-state index contributed by atoms with van der Waals surface area (Å²) in [5.74, 6) is 3.16. The van der Waals surface area contributed by atoms with E-state index in [9.17, 15) is 41.9 Å². The molecule has 0 saturated carbocycles. The van der Waals surface area contributed by atoms with Crippen LogP contribution in [0.5, 0.6) is 11.8 Å². The second kappa shape index (κ2) is 33.5. The van der Waals surface area contributed by atoms with Gasteiger partial charge in [-0.15, -0.1) is 0 Å². The van der Waals surface area contributed by atoms with Crippen molar-refractivity contribution >= 4 is 54.6 Å². The molecule has 0 radical (unpaired) electrons. The van der Waals surface area contributed by atoms with Crippen LogP contribution < -0.4 is 30.4 Å². The van der Waals surface area contributed by atoms with E-state index in [-0.39, 0.29) is 78.3 Å². The Balaban J connectivity index is 0.000000249. The molecule has 5 aromatic heterocycles. The number of carbonyl (C=O) groups excluding carboxylic acids is 1. The third-order valence-corrected chi connectivity index (χ3v) is 17.6. The Kier molecular flexibility index (Phi) is 28.1. The number of amides is 2. The minimum Gasteiger partial charge on any atom is -0.477 e. The Hall–Kier alpha value is -7.80. The first-order valence-electron chi connectivity index (χ1n) is 32.1. The number of hydrogen-bond donors (Lipinski definition) is 4. The second-order valence-corrected chi connectivity index (χ2v) is 29.7. The lowest BCUT2D eigenvalue weighted by molar-refractivity contribution is -0.416. The lowest BCUT2D eigenvalue weighted by atomic mass is 9.98. The smallest absolute Gasteiger partial charge is 0.333 e. The van der Waals surface area contributed by atoms with Crippen molar-refractivity contribution in [1.29, 1.82) is 0 Å². The van der Waals surface area contributed by atoms with Gasteiger partial charge in [-0.3, -0.25) is 44.3 Å². The van der Waals surface area contributed by atoms with E-state index in [1.165, 1.54) is 33.0 Å². The minimum atomic E-state index is -4.13. The Morgan fingerprint density at radius 3 is 1.44 bits per heavy atom. The molecule has 2 amide bonds. The molecule has 94 heavy (non-hydrogen) atoms. The van der Waals surface area contributed by atoms with E-state index in [1.807, 2.05) is 94.8 Å². The number of nitrogen functional groups attached to an aromatic ring is 1. The summed E-state index contributed by atoms with van der Waals surface area (Å²) in [4.78, 5) is 42.4. The van der Waals surface area contributed by atoms with Gasteiger partial charge in [0.2, 0.25) is 21.8 Å². The van der Waals surface area contributed by atoms with Gasteiger partial charge < -0.3 is 20.5 Å². The van der Waals surface area contributed by atoms with Crippen LogP contribution in [0.25, 0.3) is 0 Å². The number of aliphatic imine (C=N–C) groups is 2. The molecule has 0 fully saturated rings. The Labute approximate surface area is 555 Å². The topological polar surface area (TPSA) is 380 Å². The first-order valence-corrected chi connectivity index (χ1v) is 35.1. The highest BCUT2D eigenvalue weighted by Gasteiger charge is 2.34. The average Bonchev–Trinajstić information content (AvgIpc) is 1.65. The van der Waals surface area contributed by atoms with Gasteiger partial charge in [-0.2, -0.15) is 25.5 Å². The van der Waals surface area contributed by atoms with E-state index in [4.69, 9.17) is 20.3 Å². The first-order chi connectivity index (χ1) is 43.6. The van der Waals surface area contributed by atoms with Crippen molar-refractivity contribution in [3.05, 3.63) is 89.7 Å². The summed E-state index contributed by atoms with van der Waals surface area (Å²) in [6.45, 7) is 44.3. The Morgan fingerprint density at radius 1 is 0.574 bits per heavy atom. The summed E-state index contributed by atoms with van der Waals surface area (Å²) in [5.41, 5.74) is 17.1. The zero-order chi connectivity index (χ0) is 71.3. The summed E-state index contributed by atoms with van der Waals surface area (Å²) < 4.78 is 68.2. The maximum atomic E-state index is 12.7. The third kappa shape index (κ3) is 19.9. The molecule has 0 spiro atoms. The normalized spacial score (nSPS) is 14.5. The van der Waals surface area contributed by atoms with Crippen molar-refractivity contribution in [2.24, 2.45) is 59.9 Å². The molecule has 9 rings (SSSR count). The van der Waals surface area contributed by atoms with Crippen LogP contribution in [-0.4, -0.2) is 119 Å². The van der Waals surface area contributed by atoms with Crippen molar-refractivity contribution in [2.45, 2.75) is 210 Å². The number of aryl methyl sites for hydroxylation is 5. The summed E-state index contributed by atoms with van der Waals surface area (Å²) in [6.07, 6.45) is 6.25. The first kappa shape index (κ1) is 78.6. The number of urea groups is 1. The van der Waals surface area contributed by atoms with Crippen LogP contribution in [0, 0.1) is 43.9 Å². The number of allylic oxidation sites excluding steroid dienone is 2. The van der Waals surface area contributed by atoms with Crippen LogP contribution in [0.3, 0.4) is 0 Å². The van der Waals surface area contributed by atoms with Gasteiger partial charge in [0.05, 0.1) is 82.7 Å². The number of nitrogens with two attached hydrogens (primary N) is 2. The van der Waals surface area contributed by atoms with Gasteiger partial charge in [0, 0.05) is 76.1 Å². The fourth-order valence-electron chi connectivity index (χ4n) is 10.8. The Bertz CT molecular complexity index is 3810. The van der Waals surface area contributed by atoms with E-state index in [0.717, 1.165) is 47.7 Å². The molecule has 0 saturated heterocycles. The van der Waals surface area contributed by atoms with E-state index < -0.39 is 26.1 Å². The van der Waals surface area contributed by atoms with Gasteiger partial charge in [0.1, 0.15) is 17.1 Å². The molecule has 0 aliphatic carbocycles. The summed E-state index contributed by atoms with van der Waals surface area (Å²) in [6, 6.07) is -0.854. The number of primary sulfonamides is 1. The highest BCUT2D eigenvalue weighted by Crippen LogP contribution is 2.35. The van der Waals surface area contributed by atoms with Gasteiger partial charge in [0.25, 0.3) is 15.7 Å². The van der Waals surface area contributed by atoms with Crippen LogP contribution in [0.4, 0.5) is 21.9 Å². The number of rotatable bonds is 16. The fourth-order valence-corrected chi connectivity index (χ4v) is 12.4. The maximum absolute atomic E-state index is 12.7. The number of nitrogens with zero attached hydrogens (tertiary/aromatic N) is 14. The molecule has 29 nitrogen and oxygen atoms in total. The van der Waals surface area contributed by atoms with E-state index in [2.05, 4.69) is 107 Å². The number of anilines is 2.